The zero-order chi connectivity index (χ0) is 20.9. The smallest absolute Gasteiger partial charge is 0.309 e. The molecule has 1 saturated carbocycles. The third-order valence-corrected chi connectivity index (χ3v) is 5.28. The Morgan fingerprint density at radius 2 is 2.20 bits per heavy atom. The van der Waals surface area contributed by atoms with Crippen molar-refractivity contribution in [3.05, 3.63) is 35.7 Å². The number of hydrogen-bond donors (Lipinski definition) is 2. The molecule has 10 nitrogen and oxygen atoms in total. The van der Waals surface area contributed by atoms with Crippen molar-refractivity contribution in [1.29, 1.82) is 5.26 Å². The summed E-state index contributed by atoms with van der Waals surface area (Å²) in [6.07, 6.45) is 7.90. The van der Waals surface area contributed by atoms with Crippen LogP contribution >= 0.6 is 0 Å². The van der Waals surface area contributed by atoms with Gasteiger partial charge in [0.2, 0.25) is 5.89 Å². The lowest BCUT2D eigenvalue weighted by Gasteiger charge is -2.14. The minimum Gasteiger partial charge on any atom is -0.412 e. The van der Waals surface area contributed by atoms with E-state index in [0.29, 0.717) is 31.3 Å². The maximum Gasteiger partial charge on any atom is 0.309 e. The fraction of sp³-hybridized carbons (Fsp3) is 0.400. The highest BCUT2D eigenvalue weighted by Gasteiger charge is 2.33. The van der Waals surface area contributed by atoms with Gasteiger partial charge in [-0.1, -0.05) is 18.2 Å². The number of nitrogens with zero attached hydrogens (tertiary/aromatic N) is 6. The fourth-order valence-electron chi connectivity index (χ4n) is 3.70. The molecule has 1 aromatic carbocycles. The molecule has 2 heterocycles. The summed E-state index contributed by atoms with van der Waals surface area (Å²) in [6, 6.07) is 7.59. The minimum absolute atomic E-state index is 0.0836. The van der Waals surface area contributed by atoms with Gasteiger partial charge in [-0.25, -0.2) is 0 Å². The fourth-order valence-corrected chi connectivity index (χ4v) is 3.70. The molecule has 0 radical (unpaired) electrons. The molecule has 0 unspecified atom stereocenters. The van der Waals surface area contributed by atoms with Gasteiger partial charge in [-0.05, 0) is 36.8 Å². The zero-order valence-electron chi connectivity index (χ0n) is 16.3. The summed E-state index contributed by atoms with van der Waals surface area (Å²) in [7, 11) is 0. The van der Waals surface area contributed by atoms with E-state index < -0.39 is 5.91 Å². The molecule has 4 rings (SSSR count). The first kappa shape index (κ1) is 19.6. The SMILES string of the molecule is N#CN1C[C@H](NC(=O)c2nnc(-c3ccccc3C3CC3)o2)C[C@H]1CN=CC=NN. The van der Waals surface area contributed by atoms with Gasteiger partial charge in [0, 0.05) is 24.4 Å². The summed E-state index contributed by atoms with van der Waals surface area (Å²) in [5.74, 6) is 5.37. The van der Waals surface area contributed by atoms with E-state index in [4.69, 9.17) is 10.3 Å². The molecular formula is C20H22N8O2. The molecule has 1 aromatic heterocycles. The van der Waals surface area contributed by atoms with E-state index in [-0.39, 0.29) is 18.0 Å². The Morgan fingerprint density at radius 1 is 1.37 bits per heavy atom. The molecule has 2 aliphatic rings. The summed E-state index contributed by atoms with van der Waals surface area (Å²) in [6.45, 7) is 0.813. The zero-order valence-corrected chi connectivity index (χ0v) is 16.3. The molecule has 10 heteroatoms. The van der Waals surface area contributed by atoms with Crippen LogP contribution in [0.15, 0.2) is 38.8 Å². The molecule has 2 fully saturated rings. The number of aliphatic imine (C=N–C) groups is 1. The summed E-state index contributed by atoms with van der Waals surface area (Å²) in [5, 5.41) is 23.6. The standard InChI is InChI=1S/C20H22N8O2/c21-12-28-11-14(9-15(28)10-23-7-8-24-22)25-18(29)20-27-26-19(30-20)17-4-2-1-3-16(17)13-5-6-13/h1-4,7-8,13-15H,5-6,9-11,22H2,(H,25,29)/t14-,15+/m1/s1. The Balaban J connectivity index is 1.40. The van der Waals surface area contributed by atoms with E-state index >= 15 is 0 Å². The van der Waals surface area contributed by atoms with Crippen molar-refractivity contribution < 1.29 is 9.21 Å². The lowest BCUT2D eigenvalue weighted by molar-refractivity contribution is 0.0904. The van der Waals surface area contributed by atoms with Gasteiger partial charge in [-0.15, -0.1) is 10.2 Å². The molecule has 2 aromatic rings. The highest BCUT2D eigenvalue weighted by molar-refractivity contribution is 6.15. The molecule has 1 aliphatic carbocycles. The third-order valence-electron chi connectivity index (χ3n) is 5.28. The predicted octanol–water partition coefficient (Wildman–Crippen LogP) is 1.28. The molecule has 0 spiro atoms. The lowest BCUT2D eigenvalue weighted by atomic mass is 10.0. The summed E-state index contributed by atoms with van der Waals surface area (Å²) >= 11 is 0. The van der Waals surface area contributed by atoms with Crippen molar-refractivity contribution in [3.8, 4) is 17.6 Å². The number of likely N-dealkylation sites (tertiary alicyclic amines) is 1. The molecule has 1 aliphatic heterocycles. The van der Waals surface area contributed by atoms with E-state index in [2.05, 4.69) is 37.9 Å². The van der Waals surface area contributed by atoms with Crippen LogP contribution in [-0.2, 0) is 0 Å². The highest BCUT2D eigenvalue weighted by atomic mass is 16.4. The second-order valence-electron chi connectivity index (χ2n) is 7.40. The Kier molecular flexibility index (Phi) is 5.70. The number of nitriles is 1. The van der Waals surface area contributed by atoms with Crippen LogP contribution in [0.4, 0.5) is 0 Å². The molecule has 1 amide bonds. The van der Waals surface area contributed by atoms with Gasteiger partial charge in [0.1, 0.15) is 0 Å². The summed E-state index contributed by atoms with van der Waals surface area (Å²) < 4.78 is 5.67. The van der Waals surface area contributed by atoms with E-state index in [1.54, 1.807) is 4.90 Å². The van der Waals surface area contributed by atoms with Crippen molar-refractivity contribution in [1.82, 2.24) is 20.4 Å². The first-order valence-electron chi connectivity index (χ1n) is 9.81. The second-order valence-corrected chi connectivity index (χ2v) is 7.40. The number of carbonyl (C=O) groups is 1. The van der Waals surface area contributed by atoms with Crippen LogP contribution in [0.1, 0.15) is 41.4 Å². The van der Waals surface area contributed by atoms with Crippen LogP contribution in [0.25, 0.3) is 11.5 Å². The van der Waals surface area contributed by atoms with Crippen molar-refractivity contribution in [2.75, 3.05) is 13.1 Å². The number of aromatic nitrogens is 2. The monoisotopic (exact) mass is 406 g/mol. The number of nitrogens with two attached hydrogens (primary N) is 1. The Hall–Kier alpha value is -3.74. The molecule has 154 valence electrons. The first-order valence-corrected chi connectivity index (χ1v) is 9.81. The molecule has 0 bridgehead atoms. The summed E-state index contributed by atoms with van der Waals surface area (Å²) in [4.78, 5) is 18.4. The van der Waals surface area contributed by atoms with Crippen LogP contribution in [0.5, 0.6) is 0 Å². The van der Waals surface area contributed by atoms with Gasteiger partial charge in [0.05, 0.1) is 18.8 Å². The molecule has 30 heavy (non-hydrogen) atoms. The normalized spacial score (nSPS) is 21.4. The number of carbonyl (C=O) groups excluding carboxylic acids is 1. The average Bonchev–Trinajstić information content (AvgIpc) is 3.36. The van der Waals surface area contributed by atoms with Crippen molar-refractivity contribution in [2.24, 2.45) is 15.9 Å². The lowest BCUT2D eigenvalue weighted by Crippen LogP contribution is -2.36. The summed E-state index contributed by atoms with van der Waals surface area (Å²) in [5.41, 5.74) is 2.05. The second kappa shape index (κ2) is 8.73. The number of rotatable bonds is 7. The number of hydrazone groups is 1. The van der Waals surface area contributed by atoms with Crippen molar-refractivity contribution >= 4 is 18.3 Å². The molecule has 3 N–H and O–H groups in total. The van der Waals surface area contributed by atoms with Gasteiger partial charge in [-0.3, -0.25) is 9.79 Å². The number of amides is 1. The Bertz CT molecular complexity index is 1000. The van der Waals surface area contributed by atoms with Gasteiger partial charge < -0.3 is 20.5 Å². The highest BCUT2D eigenvalue weighted by Crippen LogP contribution is 2.44. The maximum absolute atomic E-state index is 12.6. The van der Waals surface area contributed by atoms with E-state index in [0.717, 1.165) is 18.4 Å². The predicted molar refractivity (Wildman–Crippen MR) is 110 cm³/mol. The van der Waals surface area contributed by atoms with Crippen LogP contribution < -0.4 is 11.2 Å². The van der Waals surface area contributed by atoms with Crippen LogP contribution in [0.3, 0.4) is 0 Å². The first-order chi connectivity index (χ1) is 14.7. The average molecular weight is 406 g/mol. The van der Waals surface area contributed by atoms with Crippen molar-refractivity contribution in [2.45, 2.75) is 37.3 Å². The van der Waals surface area contributed by atoms with E-state index in [1.165, 1.54) is 18.0 Å². The van der Waals surface area contributed by atoms with Crippen LogP contribution in [0, 0.1) is 11.5 Å². The van der Waals surface area contributed by atoms with Gasteiger partial charge >= 0.3 is 11.8 Å². The van der Waals surface area contributed by atoms with Gasteiger partial charge in [-0.2, -0.15) is 10.4 Å². The minimum atomic E-state index is -0.444. The van der Waals surface area contributed by atoms with Gasteiger partial charge in [0.15, 0.2) is 6.19 Å². The Morgan fingerprint density at radius 3 is 2.97 bits per heavy atom. The van der Waals surface area contributed by atoms with Crippen LogP contribution in [-0.4, -0.2) is 58.6 Å². The van der Waals surface area contributed by atoms with Crippen LogP contribution in [0.2, 0.25) is 0 Å². The van der Waals surface area contributed by atoms with E-state index in [1.807, 2.05) is 18.2 Å². The quantitative estimate of drug-likeness (QED) is 0.305. The topological polar surface area (TPSA) is 146 Å². The van der Waals surface area contributed by atoms with E-state index in [9.17, 15) is 10.1 Å². The molecule has 1 saturated heterocycles. The third kappa shape index (κ3) is 4.30. The molecular weight excluding hydrogens is 384 g/mol. The van der Waals surface area contributed by atoms with Gasteiger partial charge in [0.25, 0.3) is 0 Å². The molecule has 2 atom stereocenters. The maximum atomic E-state index is 12.6. The largest absolute Gasteiger partial charge is 0.412 e. The van der Waals surface area contributed by atoms with Crippen molar-refractivity contribution in [3.63, 3.8) is 0 Å². The Labute approximate surface area is 173 Å². The number of nitrogens with one attached hydrogen (secondary N) is 1. The number of hydrogen-bond acceptors (Lipinski definition) is 9. The number of benzene rings is 1.